The second kappa shape index (κ2) is 5.56. The number of halogens is 2. The van der Waals surface area contributed by atoms with E-state index in [0.29, 0.717) is 0 Å². The number of hydrogen-bond acceptors (Lipinski definition) is 2. The van der Waals surface area contributed by atoms with Crippen LogP contribution in [-0.2, 0) is 6.54 Å². The molecular weight excluding hydrogens is 302 g/mol. The third kappa shape index (κ3) is 3.48. The van der Waals surface area contributed by atoms with Crippen molar-refractivity contribution in [2.75, 3.05) is 11.9 Å². The predicted molar refractivity (Wildman–Crippen MR) is 74.6 cm³/mol. The van der Waals surface area contributed by atoms with E-state index in [2.05, 4.69) is 26.3 Å². The maximum atomic E-state index is 5.92. The number of hydrogen-bond donors (Lipinski definition) is 1. The minimum absolute atomic E-state index is 0.721. The van der Waals surface area contributed by atoms with Gasteiger partial charge in [-0.3, -0.25) is 4.68 Å². The molecule has 0 atom stereocenters. The van der Waals surface area contributed by atoms with Crippen molar-refractivity contribution < 1.29 is 0 Å². The van der Waals surface area contributed by atoms with E-state index in [1.165, 1.54) is 5.56 Å². The Balaban J connectivity index is 1.87. The van der Waals surface area contributed by atoms with Crippen molar-refractivity contribution in [1.29, 1.82) is 0 Å². The first-order chi connectivity index (χ1) is 8.15. The Morgan fingerprint density at radius 1 is 1.47 bits per heavy atom. The Morgan fingerprint density at radius 2 is 2.29 bits per heavy atom. The summed E-state index contributed by atoms with van der Waals surface area (Å²) in [5, 5.41) is 8.27. The molecule has 0 unspecified atom stereocenters. The molecule has 2 aromatic rings. The smallest absolute Gasteiger partial charge is 0.0582 e. The maximum Gasteiger partial charge on any atom is 0.0582 e. The summed E-state index contributed by atoms with van der Waals surface area (Å²) in [5.74, 6) is 0. The number of aromatic nitrogens is 2. The summed E-state index contributed by atoms with van der Waals surface area (Å²) in [4.78, 5) is 0. The number of benzene rings is 1. The molecule has 0 saturated carbocycles. The first-order valence-corrected chi connectivity index (χ1v) is 6.50. The van der Waals surface area contributed by atoms with Gasteiger partial charge in [-0.05, 0) is 46.6 Å². The SMILES string of the molecule is Cc1cnn(CCNc2ccc(Cl)c(Br)c2)c1. The van der Waals surface area contributed by atoms with Crippen molar-refractivity contribution in [3.8, 4) is 0 Å². The zero-order chi connectivity index (χ0) is 12.3. The molecule has 0 radical (unpaired) electrons. The van der Waals surface area contributed by atoms with Gasteiger partial charge < -0.3 is 5.32 Å². The molecule has 2 rings (SSSR count). The minimum Gasteiger partial charge on any atom is -0.383 e. The number of nitrogens with zero attached hydrogens (tertiary/aromatic N) is 2. The van der Waals surface area contributed by atoms with Crippen LogP contribution in [-0.4, -0.2) is 16.3 Å². The molecule has 1 aromatic carbocycles. The second-order valence-corrected chi connectivity index (χ2v) is 5.10. The van der Waals surface area contributed by atoms with Crippen LogP contribution in [0.3, 0.4) is 0 Å². The van der Waals surface area contributed by atoms with Gasteiger partial charge in [0, 0.05) is 22.9 Å². The molecule has 0 spiro atoms. The second-order valence-electron chi connectivity index (χ2n) is 3.84. The van der Waals surface area contributed by atoms with Crippen LogP contribution in [0, 0.1) is 6.92 Å². The van der Waals surface area contributed by atoms with Gasteiger partial charge in [0.25, 0.3) is 0 Å². The van der Waals surface area contributed by atoms with Crippen LogP contribution in [0.1, 0.15) is 5.56 Å². The first kappa shape index (κ1) is 12.5. The number of anilines is 1. The largest absolute Gasteiger partial charge is 0.383 e. The van der Waals surface area contributed by atoms with Gasteiger partial charge in [0.15, 0.2) is 0 Å². The van der Waals surface area contributed by atoms with Crippen molar-refractivity contribution >= 4 is 33.2 Å². The lowest BCUT2D eigenvalue weighted by Gasteiger charge is -2.07. The van der Waals surface area contributed by atoms with Crippen LogP contribution in [0.4, 0.5) is 5.69 Å². The summed E-state index contributed by atoms with van der Waals surface area (Å²) in [7, 11) is 0. The fourth-order valence-electron chi connectivity index (χ4n) is 1.51. The van der Waals surface area contributed by atoms with E-state index in [1.807, 2.05) is 42.2 Å². The molecule has 0 amide bonds. The highest BCUT2D eigenvalue weighted by Gasteiger charge is 1.99. The van der Waals surface area contributed by atoms with Gasteiger partial charge in [-0.25, -0.2) is 0 Å². The molecule has 17 heavy (non-hydrogen) atoms. The quantitative estimate of drug-likeness (QED) is 0.932. The highest BCUT2D eigenvalue weighted by Crippen LogP contribution is 2.25. The average Bonchev–Trinajstić information content (AvgIpc) is 2.70. The van der Waals surface area contributed by atoms with Gasteiger partial charge in [-0.2, -0.15) is 5.10 Å². The highest BCUT2D eigenvalue weighted by molar-refractivity contribution is 9.10. The summed E-state index contributed by atoms with van der Waals surface area (Å²) in [6.45, 7) is 3.70. The van der Waals surface area contributed by atoms with E-state index < -0.39 is 0 Å². The fourth-order valence-corrected chi connectivity index (χ4v) is 2.01. The normalized spacial score (nSPS) is 10.5. The van der Waals surface area contributed by atoms with Crippen LogP contribution in [0.2, 0.25) is 5.02 Å². The number of rotatable bonds is 4. The molecule has 1 heterocycles. The Bertz CT molecular complexity index is 510. The summed E-state index contributed by atoms with van der Waals surface area (Å²) in [5.41, 5.74) is 2.23. The van der Waals surface area contributed by atoms with Crippen LogP contribution < -0.4 is 5.32 Å². The van der Waals surface area contributed by atoms with Gasteiger partial charge in [-0.15, -0.1) is 0 Å². The van der Waals surface area contributed by atoms with Gasteiger partial charge in [0.05, 0.1) is 17.8 Å². The van der Waals surface area contributed by atoms with Crippen molar-refractivity contribution in [2.45, 2.75) is 13.5 Å². The average molecular weight is 315 g/mol. The number of nitrogens with one attached hydrogen (secondary N) is 1. The Labute approximate surface area is 114 Å². The number of aryl methyl sites for hydroxylation is 1. The minimum atomic E-state index is 0.721. The standard InChI is InChI=1S/C12H13BrClN3/c1-9-7-16-17(8-9)5-4-15-10-2-3-12(14)11(13)6-10/h2-3,6-8,15H,4-5H2,1H3. The van der Waals surface area contributed by atoms with Crippen molar-refractivity contribution in [3.63, 3.8) is 0 Å². The summed E-state index contributed by atoms with van der Waals surface area (Å²) in [6.07, 6.45) is 3.89. The summed E-state index contributed by atoms with van der Waals surface area (Å²) < 4.78 is 2.83. The van der Waals surface area contributed by atoms with Crippen LogP contribution in [0.15, 0.2) is 35.1 Å². The summed E-state index contributed by atoms with van der Waals surface area (Å²) >= 11 is 9.32. The van der Waals surface area contributed by atoms with E-state index in [-0.39, 0.29) is 0 Å². The van der Waals surface area contributed by atoms with E-state index in [1.54, 1.807) is 0 Å². The topological polar surface area (TPSA) is 29.9 Å². The first-order valence-electron chi connectivity index (χ1n) is 5.33. The summed E-state index contributed by atoms with van der Waals surface area (Å²) in [6, 6.07) is 5.80. The van der Waals surface area contributed by atoms with Gasteiger partial charge in [-0.1, -0.05) is 11.6 Å². The van der Waals surface area contributed by atoms with E-state index >= 15 is 0 Å². The Hall–Kier alpha value is -1.000. The molecule has 0 saturated heterocycles. The van der Waals surface area contributed by atoms with Crippen molar-refractivity contribution in [3.05, 3.63) is 45.7 Å². The lowest BCUT2D eigenvalue weighted by Crippen LogP contribution is -2.10. The molecule has 0 aliphatic carbocycles. The van der Waals surface area contributed by atoms with Gasteiger partial charge in [0.1, 0.15) is 0 Å². The molecule has 0 fully saturated rings. The zero-order valence-electron chi connectivity index (χ0n) is 9.45. The van der Waals surface area contributed by atoms with Gasteiger partial charge in [0.2, 0.25) is 0 Å². The zero-order valence-corrected chi connectivity index (χ0v) is 11.8. The van der Waals surface area contributed by atoms with Crippen molar-refractivity contribution in [1.82, 2.24) is 9.78 Å². The van der Waals surface area contributed by atoms with Gasteiger partial charge >= 0.3 is 0 Å². The predicted octanol–water partition coefficient (Wildman–Crippen LogP) is 3.72. The third-order valence-corrected chi connectivity index (χ3v) is 3.57. The molecule has 5 heteroatoms. The molecule has 1 N–H and O–H groups in total. The molecule has 0 aliphatic rings. The monoisotopic (exact) mass is 313 g/mol. The molecule has 0 aliphatic heterocycles. The lowest BCUT2D eigenvalue weighted by atomic mass is 10.3. The van der Waals surface area contributed by atoms with Crippen molar-refractivity contribution in [2.24, 2.45) is 0 Å². The maximum absolute atomic E-state index is 5.92. The third-order valence-electron chi connectivity index (χ3n) is 2.35. The van der Waals surface area contributed by atoms with Crippen LogP contribution in [0.25, 0.3) is 0 Å². The Kier molecular flexibility index (Phi) is 4.07. The molecular formula is C12H13BrClN3. The Morgan fingerprint density at radius 3 is 2.94 bits per heavy atom. The molecule has 90 valence electrons. The van der Waals surface area contributed by atoms with Crippen LogP contribution >= 0.6 is 27.5 Å². The fraction of sp³-hybridized carbons (Fsp3) is 0.250. The van der Waals surface area contributed by atoms with E-state index in [9.17, 15) is 0 Å². The lowest BCUT2D eigenvalue weighted by molar-refractivity contribution is 0.637. The van der Waals surface area contributed by atoms with Crippen LogP contribution in [0.5, 0.6) is 0 Å². The van der Waals surface area contributed by atoms with E-state index in [0.717, 1.165) is 28.3 Å². The molecule has 1 aromatic heterocycles. The highest BCUT2D eigenvalue weighted by atomic mass is 79.9. The van der Waals surface area contributed by atoms with E-state index in [4.69, 9.17) is 11.6 Å². The molecule has 0 bridgehead atoms. The molecule has 3 nitrogen and oxygen atoms in total.